The summed E-state index contributed by atoms with van der Waals surface area (Å²) >= 11 is 11.0. The van der Waals surface area contributed by atoms with Crippen LogP contribution >= 0.6 is 38.9 Å². The Labute approximate surface area is 124 Å². The van der Waals surface area contributed by atoms with E-state index in [-0.39, 0.29) is 6.04 Å². The van der Waals surface area contributed by atoms with Gasteiger partial charge in [-0.3, -0.25) is 4.90 Å². The third kappa shape index (κ3) is 3.16. The van der Waals surface area contributed by atoms with Crippen molar-refractivity contribution < 1.29 is 4.42 Å². The van der Waals surface area contributed by atoms with E-state index in [0.717, 1.165) is 26.0 Å². The van der Waals surface area contributed by atoms with E-state index >= 15 is 0 Å². The Morgan fingerprint density at radius 1 is 1.61 bits per heavy atom. The summed E-state index contributed by atoms with van der Waals surface area (Å²) in [6.07, 6.45) is 1.68. The van der Waals surface area contributed by atoms with Crippen molar-refractivity contribution in [3.8, 4) is 0 Å². The van der Waals surface area contributed by atoms with Gasteiger partial charge in [0.1, 0.15) is 10.1 Å². The van der Waals surface area contributed by atoms with E-state index in [9.17, 15) is 0 Å². The number of halogens is 2. The van der Waals surface area contributed by atoms with Crippen LogP contribution in [-0.4, -0.2) is 18.5 Å². The van der Waals surface area contributed by atoms with Gasteiger partial charge < -0.3 is 10.2 Å². The average molecular weight is 350 g/mol. The molecule has 0 aliphatic carbocycles. The first kappa shape index (κ1) is 14.1. The molecule has 0 saturated carbocycles. The lowest BCUT2D eigenvalue weighted by Gasteiger charge is -2.25. The van der Waals surface area contributed by atoms with E-state index in [1.165, 1.54) is 0 Å². The van der Waals surface area contributed by atoms with Gasteiger partial charge in [0.2, 0.25) is 0 Å². The summed E-state index contributed by atoms with van der Waals surface area (Å²) < 4.78 is 7.03. The Bertz CT molecular complexity index is 481. The minimum absolute atomic E-state index is 0.142. The summed E-state index contributed by atoms with van der Waals surface area (Å²) in [5.41, 5.74) is 5.87. The zero-order valence-electron chi connectivity index (χ0n) is 9.90. The molecule has 0 bridgehead atoms. The molecular weight excluding hydrogens is 336 g/mol. The molecule has 0 radical (unpaired) electrons. The van der Waals surface area contributed by atoms with Gasteiger partial charge in [-0.2, -0.15) is 0 Å². The largest absolute Gasteiger partial charge is 0.468 e. The molecule has 0 spiro atoms. The highest BCUT2D eigenvalue weighted by molar-refractivity contribution is 9.10. The van der Waals surface area contributed by atoms with Crippen LogP contribution in [-0.2, 0) is 6.54 Å². The molecule has 0 aliphatic heterocycles. The van der Waals surface area contributed by atoms with Crippen LogP contribution in [0.5, 0.6) is 0 Å². The average Bonchev–Trinajstić information content (AvgIpc) is 2.92. The van der Waals surface area contributed by atoms with Gasteiger partial charge in [-0.05, 0) is 41.2 Å². The third-order valence-corrected chi connectivity index (χ3v) is 5.31. The number of likely N-dealkylation sites (N-methyl/N-ethyl adjacent to an activating group) is 1. The Kier molecular flexibility index (Phi) is 4.86. The second-order valence-electron chi connectivity index (χ2n) is 4.02. The molecule has 0 amide bonds. The number of thiophene rings is 1. The van der Waals surface area contributed by atoms with Crippen molar-refractivity contribution >= 4 is 38.9 Å². The Morgan fingerprint density at radius 3 is 2.89 bits per heavy atom. The predicted octanol–water partition coefficient (Wildman–Crippen LogP) is 3.89. The second-order valence-corrected chi connectivity index (χ2v) is 6.56. The molecule has 0 aliphatic rings. The molecule has 6 heteroatoms. The van der Waals surface area contributed by atoms with E-state index in [4.69, 9.17) is 21.8 Å². The fraction of sp³-hybridized carbons (Fsp3) is 0.333. The number of hydrogen-bond donors (Lipinski definition) is 1. The minimum Gasteiger partial charge on any atom is -0.468 e. The molecule has 2 heterocycles. The van der Waals surface area contributed by atoms with Crippen molar-refractivity contribution in [2.75, 3.05) is 13.6 Å². The Morgan fingerprint density at radius 2 is 2.39 bits per heavy atom. The highest BCUT2D eigenvalue weighted by atomic mass is 79.9. The molecule has 0 saturated heterocycles. The zero-order chi connectivity index (χ0) is 13.1. The summed E-state index contributed by atoms with van der Waals surface area (Å²) in [5.74, 6) is 0.928. The van der Waals surface area contributed by atoms with Crippen molar-refractivity contribution in [2.45, 2.75) is 12.6 Å². The molecule has 2 aromatic rings. The first-order valence-electron chi connectivity index (χ1n) is 5.49. The Hall–Kier alpha value is -0.330. The molecule has 1 unspecified atom stereocenters. The third-order valence-electron chi connectivity index (χ3n) is 2.73. The van der Waals surface area contributed by atoms with Gasteiger partial charge in [0.05, 0.1) is 18.8 Å². The maximum absolute atomic E-state index is 6.07. The SMILES string of the molecule is CN(Cc1ccco1)C(CN)c1cc(Br)c(Cl)s1. The van der Waals surface area contributed by atoms with Crippen LogP contribution < -0.4 is 5.73 Å². The van der Waals surface area contributed by atoms with Gasteiger partial charge in [0, 0.05) is 15.9 Å². The van der Waals surface area contributed by atoms with Crippen LogP contribution in [0.1, 0.15) is 16.7 Å². The molecule has 0 fully saturated rings. The van der Waals surface area contributed by atoms with Crippen molar-refractivity contribution in [1.82, 2.24) is 4.90 Å². The molecular formula is C12H14BrClN2OS. The molecule has 0 aromatic carbocycles. The highest BCUT2D eigenvalue weighted by Gasteiger charge is 2.19. The van der Waals surface area contributed by atoms with Crippen LogP contribution in [0.15, 0.2) is 33.4 Å². The van der Waals surface area contributed by atoms with Crippen molar-refractivity contribution in [1.29, 1.82) is 0 Å². The standard InChI is InChI=1S/C12H14BrClN2OS/c1-16(7-8-3-2-4-17-8)10(6-15)11-5-9(13)12(14)18-11/h2-5,10H,6-7,15H2,1H3. The molecule has 1 atom stereocenters. The van der Waals surface area contributed by atoms with E-state index in [2.05, 4.69) is 20.8 Å². The monoisotopic (exact) mass is 348 g/mol. The number of furan rings is 1. The number of nitrogens with zero attached hydrogens (tertiary/aromatic N) is 1. The maximum atomic E-state index is 6.07. The Balaban J connectivity index is 2.12. The van der Waals surface area contributed by atoms with Crippen molar-refractivity contribution in [3.63, 3.8) is 0 Å². The molecule has 2 N–H and O–H groups in total. The normalized spacial score (nSPS) is 13.2. The van der Waals surface area contributed by atoms with Crippen LogP contribution in [0.3, 0.4) is 0 Å². The first-order valence-corrected chi connectivity index (χ1v) is 7.48. The van der Waals surface area contributed by atoms with Gasteiger partial charge in [0.25, 0.3) is 0 Å². The summed E-state index contributed by atoms with van der Waals surface area (Å²) in [4.78, 5) is 3.32. The summed E-state index contributed by atoms with van der Waals surface area (Å²) in [6, 6.07) is 6.02. The van der Waals surface area contributed by atoms with E-state index in [0.29, 0.717) is 6.54 Å². The van der Waals surface area contributed by atoms with Gasteiger partial charge in [-0.15, -0.1) is 11.3 Å². The molecule has 98 valence electrons. The van der Waals surface area contributed by atoms with E-state index in [1.807, 2.05) is 25.2 Å². The van der Waals surface area contributed by atoms with Gasteiger partial charge >= 0.3 is 0 Å². The summed E-state index contributed by atoms with van der Waals surface area (Å²) in [5, 5.41) is 0. The number of hydrogen-bond acceptors (Lipinski definition) is 4. The topological polar surface area (TPSA) is 42.4 Å². The zero-order valence-corrected chi connectivity index (χ0v) is 13.1. The lowest BCUT2D eigenvalue weighted by atomic mass is 10.2. The molecule has 2 rings (SSSR count). The number of nitrogens with two attached hydrogens (primary N) is 1. The van der Waals surface area contributed by atoms with E-state index in [1.54, 1.807) is 17.6 Å². The summed E-state index contributed by atoms with van der Waals surface area (Å²) in [6.45, 7) is 1.27. The molecule has 18 heavy (non-hydrogen) atoms. The minimum atomic E-state index is 0.142. The summed E-state index contributed by atoms with van der Waals surface area (Å²) in [7, 11) is 2.03. The predicted molar refractivity (Wildman–Crippen MR) is 79.0 cm³/mol. The number of rotatable bonds is 5. The van der Waals surface area contributed by atoms with Crippen LogP contribution in [0, 0.1) is 0 Å². The highest BCUT2D eigenvalue weighted by Crippen LogP contribution is 2.36. The van der Waals surface area contributed by atoms with E-state index < -0.39 is 0 Å². The molecule has 3 nitrogen and oxygen atoms in total. The van der Waals surface area contributed by atoms with Gasteiger partial charge in [-0.1, -0.05) is 11.6 Å². The lowest BCUT2D eigenvalue weighted by molar-refractivity contribution is 0.226. The van der Waals surface area contributed by atoms with Gasteiger partial charge in [0.15, 0.2) is 0 Å². The van der Waals surface area contributed by atoms with Crippen LogP contribution in [0.25, 0.3) is 0 Å². The molecule has 2 aromatic heterocycles. The van der Waals surface area contributed by atoms with Crippen LogP contribution in [0.2, 0.25) is 4.34 Å². The fourth-order valence-electron chi connectivity index (χ4n) is 1.80. The van der Waals surface area contributed by atoms with Gasteiger partial charge in [-0.25, -0.2) is 0 Å². The van der Waals surface area contributed by atoms with Crippen LogP contribution in [0.4, 0.5) is 0 Å². The fourth-order valence-corrected chi connectivity index (χ4v) is 3.71. The van der Waals surface area contributed by atoms with Crippen molar-refractivity contribution in [2.24, 2.45) is 5.73 Å². The maximum Gasteiger partial charge on any atom is 0.117 e. The first-order chi connectivity index (χ1) is 8.61. The lowest BCUT2D eigenvalue weighted by Crippen LogP contribution is -2.29. The second kappa shape index (κ2) is 6.21. The quantitative estimate of drug-likeness (QED) is 0.890. The smallest absolute Gasteiger partial charge is 0.117 e. The van der Waals surface area contributed by atoms with Crippen molar-refractivity contribution in [3.05, 3.63) is 43.9 Å².